The number of carbonyl (C=O) groups excluding carboxylic acids is 1. The van der Waals surface area contributed by atoms with Crippen molar-refractivity contribution in [3.63, 3.8) is 0 Å². The number of amides is 1. The third kappa shape index (κ3) is 4.86. The Hall–Kier alpha value is -1.88. The van der Waals surface area contributed by atoms with Crippen LogP contribution in [-0.4, -0.2) is 11.2 Å². The SMILES string of the molecule is C[C@@H](Sc1ccc(F)cc1)C(=O)NCc1ccc(F)cc1. The summed E-state index contributed by atoms with van der Waals surface area (Å²) in [5.41, 5.74) is 0.837. The minimum absolute atomic E-state index is 0.117. The standard InChI is InChI=1S/C16H15F2NOS/c1-11(21-15-8-6-14(18)7-9-15)16(20)19-10-12-2-4-13(17)5-3-12/h2-9,11H,10H2,1H3,(H,19,20)/t11-/m1/s1. The zero-order valence-electron chi connectivity index (χ0n) is 11.5. The van der Waals surface area contributed by atoms with E-state index < -0.39 is 0 Å². The molecule has 1 amide bonds. The van der Waals surface area contributed by atoms with Crippen LogP contribution in [0.1, 0.15) is 12.5 Å². The lowest BCUT2D eigenvalue weighted by Crippen LogP contribution is -2.30. The van der Waals surface area contributed by atoms with Gasteiger partial charge in [0.1, 0.15) is 11.6 Å². The van der Waals surface area contributed by atoms with Crippen molar-refractivity contribution in [3.05, 3.63) is 65.7 Å². The molecular weight excluding hydrogens is 292 g/mol. The molecule has 0 saturated carbocycles. The molecule has 0 aromatic heterocycles. The van der Waals surface area contributed by atoms with Gasteiger partial charge in [0, 0.05) is 11.4 Å². The fraction of sp³-hybridized carbons (Fsp3) is 0.188. The van der Waals surface area contributed by atoms with Gasteiger partial charge in [0.15, 0.2) is 0 Å². The fourth-order valence-corrected chi connectivity index (χ4v) is 2.60. The maximum absolute atomic E-state index is 12.8. The molecule has 2 rings (SSSR count). The molecule has 0 heterocycles. The first kappa shape index (κ1) is 15.5. The topological polar surface area (TPSA) is 29.1 Å². The van der Waals surface area contributed by atoms with Gasteiger partial charge in [0.25, 0.3) is 0 Å². The fourth-order valence-electron chi connectivity index (χ4n) is 1.71. The summed E-state index contributed by atoms with van der Waals surface area (Å²) >= 11 is 1.36. The number of thioether (sulfide) groups is 1. The molecule has 0 saturated heterocycles. The molecule has 110 valence electrons. The average Bonchev–Trinajstić information content (AvgIpc) is 2.48. The van der Waals surface area contributed by atoms with Gasteiger partial charge < -0.3 is 5.32 Å². The van der Waals surface area contributed by atoms with Crippen LogP contribution in [0.15, 0.2) is 53.4 Å². The summed E-state index contributed by atoms with van der Waals surface area (Å²) in [4.78, 5) is 12.8. The third-order valence-corrected chi connectivity index (χ3v) is 3.99. The maximum Gasteiger partial charge on any atom is 0.233 e. The lowest BCUT2D eigenvalue weighted by atomic mass is 10.2. The van der Waals surface area contributed by atoms with Gasteiger partial charge in [0.2, 0.25) is 5.91 Å². The molecule has 2 aromatic rings. The number of benzene rings is 2. The Balaban J connectivity index is 1.84. The van der Waals surface area contributed by atoms with Gasteiger partial charge in [-0.25, -0.2) is 8.78 Å². The Morgan fingerprint density at radius 2 is 1.57 bits per heavy atom. The predicted octanol–water partition coefficient (Wildman–Crippen LogP) is 3.76. The second kappa shape index (κ2) is 7.22. The summed E-state index contributed by atoms with van der Waals surface area (Å²) < 4.78 is 25.6. The van der Waals surface area contributed by atoms with Crippen LogP contribution in [0.4, 0.5) is 8.78 Å². The van der Waals surface area contributed by atoms with Crippen molar-refractivity contribution in [3.8, 4) is 0 Å². The Morgan fingerprint density at radius 3 is 2.14 bits per heavy atom. The molecule has 0 bridgehead atoms. The van der Waals surface area contributed by atoms with Gasteiger partial charge in [-0.15, -0.1) is 11.8 Å². The summed E-state index contributed by atoms with van der Waals surface area (Å²) in [5, 5.41) is 2.50. The van der Waals surface area contributed by atoms with Crippen molar-refractivity contribution in [2.45, 2.75) is 23.6 Å². The maximum atomic E-state index is 12.8. The van der Waals surface area contributed by atoms with E-state index in [0.717, 1.165) is 10.5 Å². The second-order valence-electron chi connectivity index (χ2n) is 4.56. The van der Waals surface area contributed by atoms with Crippen LogP contribution < -0.4 is 5.32 Å². The van der Waals surface area contributed by atoms with E-state index in [2.05, 4.69) is 5.32 Å². The van der Waals surface area contributed by atoms with Gasteiger partial charge in [-0.2, -0.15) is 0 Å². The first-order valence-corrected chi connectivity index (χ1v) is 7.37. The first-order valence-electron chi connectivity index (χ1n) is 6.49. The van der Waals surface area contributed by atoms with Crippen molar-refractivity contribution in [2.75, 3.05) is 0 Å². The van der Waals surface area contributed by atoms with Crippen molar-refractivity contribution >= 4 is 17.7 Å². The molecule has 0 radical (unpaired) electrons. The van der Waals surface area contributed by atoms with E-state index >= 15 is 0 Å². The molecule has 0 aliphatic carbocycles. The van der Waals surface area contributed by atoms with Crippen molar-refractivity contribution in [1.82, 2.24) is 5.32 Å². The number of rotatable bonds is 5. The van der Waals surface area contributed by atoms with E-state index in [-0.39, 0.29) is 22.8 Å². The third-order valence-electron chi connectivity index (χ3n) is 2.88. The minimum Gasteiger partial charge on any atom is -0.351 e. The van der Waals surface area contributed by atoms with E-state index in [0.29, 0.717) is 6.54 Å². The number of halogens is 2. The highest BCUT2D eigenvalue weighted by molar-refractivity contribution is 8.00. The van der Waals surface area contributed by atoms with Crippen LogP contribution in [0.25, 0.3) is 0 Å². The van der Waals surface area contributed by atoms with Crippen LogP contribution in [0.3, 0.4) is 0 Å². The molecule has 0 unspecified atom stereocenters. The van der Waals surface area contributed by atoms with Crippen LogP contribution in [-0.2, 0) is 11.3 Å². The number of carbonyl (C=O) groups is 1. The van der Waals surface area contributed by atoms with Gasteiger partial charge in [0.05, 0.1) is 5.25 Å². The van der Waals surface area contributed by atoms with Gasteiger partial charge in [-0.1, -0.05) is 12.1 Å². The molecule has 1 N–H and O–H groups in total. The van der Waals surface area contributed by atoms with Crippen molar-refractivity contribution in [2.24, 2.45) is 0 Å². The number of nitrogens with one attached hydrogen (secondary N) is 1. The van der Waals surface area contributed by atoms with Crippen molar-refractivity contribution < 1.29 is 13.6 Å². The van der Waals surface area contributed by atoms with Gasteiger partial charge >= 0.3 is 0 Å². The highest BCUT2D eigenvalue weighted by atomic mass is 32.2. The van der Waals surface area contributed by atoms with E-state index in [9.17, 15) is 13.6 Å². The average molecular weight is 307 g/mol. The largest absolute Gasteiger partial charge is 0.351 e. The predicted molar refractivity (Wildman–Crippen MR) is 80.0 cm³/mol. The molecule has 5 heteroatoms. The quantitative estimate of drug-likeness (QED) is 0.852. The van der Waals surface area contributed by atoms with Crippen LogP contribution in [0, 0.1) is 11.6 Å². The zero-order chi connectivity index (χ0) is 15.2. The minimum atomic E-state index is -0.301. The monoisotopic (exact) mass is 307 g/mol. The molecular formula is C16H15F2NOS. The normalized spacial score (nSPS) is 12.0. The van der Waals surface area contributed by atoms with E-state index in [1.54, 1.807) is 31.2 Å². The van der Waals surface area contributed by atoms with Crippen molar-refractivity contribution in [1.29, 1.82) is 0 Å². The highest BCUT2D eigenvalue weighted by Crippen LogP contribution is 2.23. The molecule has 0 fully saturated rings. The summed E-state index contributed by atoms with van der Waals surface area (Å²) in [6.45, 7) is 2.14. The number of hydrogen-bond donors (Lipinski definition) is 1. The Kier molecular flexibility index (Phi) is 5.33. The molecule has 0 spiro atoms. The van der Waals surface area contributed by atoms with E-state index in [4.69, 9.17) is 0 Å². The Bertz CT molecular complexity index is 599. The first-order chi connectivity index (χ1) is 10.0. The summed E-state index contributed by atoms with van der Waals surface area (Å²) in [6.07, 6.45) is 0. The lowest BCUT2D eigenvalue weighted by Gasteiger charge is -2.12. The summed E-state index contributed by atoms with van der Waals surface area (Å²) in [6, 6.07) is 12.0. The highest BCUT2D eigenvalue weighted by Gasteiger charge is 2.14. The molecule has 21 heavy (non-hydrogen) atoms. The molecule has 2 aromatic carbocycles. The summed E-state index contributed by atoms with van der Waals surface area (Å²) in [5.74, 6) is -0.716. The second-order valence-corrected chi connectivity index (χ2v) is 5.97. The van der Waals surface area contributed by atoms with E-state index in [1.807, 2.05) is 0 Å². The zero-order valence-corrected chi connectivity index (χ0v) is 12.3. The number of hydrogen-bond acceptors (Lipinski definition) is 2. The molecule has 1 atom stereocenters. The van der Waals surface area contributed by atoms with Gasteiger partial charge in [-0.3, -0.25) is 4.79 Å². The van der Waals surface area contributed by atoms with Crippen LogP contribution >= 0.6 is 11.8 Å². The molecule has 0 aliphatic rings. The molecule has 0 aliphatic heterocycles. The van der Waals surface area contributed by atoms with E-state index in [1.165, 1.54) is 36.0 Å². The van der Waals surface area contributed by atoms with Crippen LogP contribution in [0.5, 0.6) is 0 Å². The lowest BCUT2D eigenvalue weighted by molar-refractivity contribution is -0.120. The van der Waals surface area contributed by atoms with Crippen LogP contribution in [0.2, 0.25) is 0 Å². The Morgan fingerprint density at radius 1 is 1.05 bits per heavy atom. The Labute approximate surface area is 126 Å². The smallest absolute Gasteiger partial charge is 0.233 e. The van der Waals surface area contributed by atoms with Gasteiger partial charge in [-0.05, 0) is 48.9 Å². The summed E-state index contributed by atoms with van der Waals surface area (Å²) in [7, 11) is 0. The molecule has 2 nitrogen and oxygen atoms in total.